The van der Waals surface area contributed by atoms with Crippen molar-refractivity contribution in [2.24, 2.45) is 0 Å². The highest BCUT2D eigenvalue weighted by atomic mass is 79.9. The summed E-state index contributed by atoms with van der Waals surface area (Å²) >= 11 is 3.24. The van der Waals surface area contributed by atoms with E-state index in [1.807, 2.05) is 0 Å². The fourth-order valence-electron chi connectivity index (χ4n) is 1.59. The fourth-order valence-corrected chi connectivity index (χ4v) is 1.93. The zero-order valence-corrected chi connectivity index (χ0v) is 13.5. The van der Waals surface area contributed by atoms with Crippen LogP contribution in [0.25, 0.3) is 0 Å². The van der Waals surface area contributed by atoms with Gasteiger partial charge >= 0.3 is 5.97 Å². The maximum atomic E-state index is 11.8. The Bertz CT molecular complexity index is 506. The second-order valence-corrected chi connectivity index (χ2v) is 5.26. The van der Waals surface area contributed by atoms with E-state index in [0.29, 0.717) is 24.0 Å². The summed E-state index contributed by atoms with van der Waals surface area (Å²) in [4.78, 5) is 23.0. The summed E-state index contributed by atoms with van der Waals surface area (Å²) in [5.74, 6) is -1.26. The van der Waals surface area contributed by atoms with Crippen LogP contribution in [0, 0.1) is 0 Å². The van der Waals surface area contributed by atoms with E-state index in [0.717, 1.165) is 0 Å². The Morgan fingerprint density at radius 2 is 2.14 bits per heavy atom. The number of rotatable bonds is 8. The molecule has 0 aliphatic rings. The highest BCUT2D eigenvalue weighted by Gasteiger charge is 2.18. The monoisotopic (exact) mass is 359 g/mol. The highest BCUT2D eigenvalue weighted by Crippen LogP contribution is 2.24. The van der Waals surface area contributed by atoms with Crippen LogP contribution in [0.15, 0.2) is 22.7 Å². The Balaban J connectivity index is 2.65. The van der Waals surface area contributed by atoms with Crippen LogP contribution in [0.1, 0.15) is 23.7 Å². The lowest BCUT2D eigenvalue weighted by Crippen LogP contribution is -2.37. The van der Waals surface area contributed by atoms with Gasteiger partial charge in [0.15, 0.2) is 6.10 Å². The van der Waals surface area contributed by atoms with Crippen LogP contribution in [0.5, 0.6) is 5.75 Å². The molecule has 0 aliphatic heterocycles. The summed E-state index contributed by atoms with van der Waals surface area (Å²) in [6, 6.07) is 4.55. The number of ether oxygens (including phenoxy) is 2. The maximum Gasteiger partial charge on any atom is 0.339 e. The second-order valence-electron chi connectivity index (χ2n) is 4.34. The van der Waals surface area contributed by atoms with Crippen LogP contribution in [-0.2, 0) is 9.53 Å². The van der Waals surface area contributed by atoms with Crippen LogP contribution in [0.4, 0.5) is 0 Å². The summed E-state index contributed by atoms with van der Waals surface area (Å²) in [5, 5.41) is 11.8. The molecule has 21 heavy (non-hydrogen) atoms. The molecule has 1 amide bonds. The number of carboxylic acids is 1. The standard InChI is InChI=1S/C14H18BrNO5/c1-9(13(17)16-6-3-7-20-2)21-12-8-10(15)4-5-11(12)14(18)19/h4-5,8-9H,3,6-7H2,1-2H3,(H,16,17)(H,18,19). The zero-order valence-electron chi connectivity index (χ0n) is 11.9. The lowest BCUT2D eigenvalue weighted by Gasteiger charge is -2.16. The minimum atomic E-state index is -1.11. The van der Waals surface area contributed by atoms with Gasteiger partial charge in [-0.1, -0.05) is 15.9 Å². The number of hydrogen-bond acceptors (Lipinski definition) is 4. The summed E-state index contributed by atoms with van der Waals surface area (Å²) in [6.45, 7) is 2.60. The van der Waals surface area contributed by atoms with Gasteiger partial charge in [-0.15, -0.1) is 0 Å². The van der Waals surface area contributed by atoms with Crippen molar-refractivity contribution >= 4 is 27.8 Å². The van der Waals surface area contributed by atoms with Crippen molar-refractivity contribution in [3.05, 3.63) is 28.2 Å². The lowest BCUT2D eigenvalue weighted by molar-refractivity contribution is -0.127. The van der Waals surface area contributed by atoms with Crippen LogP contribution >= 0.6 is 15.9 Å². The molecule has 0 heterocycles. The van der Waals surface area contributed by atoms with E-state index < -0.39 is 12.1 Å². The van der Waals surface area contributed by atoms with Gasteiger partial charge in [0.05, 0.1) is 0 Å². The molecule has 1 rings (SSSR count). The van der Waals surface area contributed by atoms with E-state index in [2.05, 4.69) is 21.2 Å². The van der Waals surface area contributed by atoms with Gasteiger partial charge in [0.1, 0.15) is 11.3 Å². The van der Waals surface area contributed by atoms with Crippen LogP contribution in [-0.4, -0.2) is 43.3 Å². The third-order valence-electron chi connectivity index (χ3n) is 2.67. The quantitative estimate of drug-likeness (QED) is 0.694. The molecule has 1 aromatic rings. The smallest absolute Gasteiger partial charge is 0.339 e. The molecular formula is C14H18BrNO5. The van der Waals surface area contributed by atoms with Crippen LogP contribution in [0.3, 0.4) is 0 Å². The van der Waals surface area contributed by atoms with Gasteiger partial charge in [0, 0.05) is 24.7 Å². The average Bonchev–Trinajstić information content (AvgIpc) is 2.43. The first-order valence-electron chi connectivity index (χ1n) is 6.42. The van der Waals surface area contributed by atoms with Gasteiger partial charge in [0.25, 0.3) is 5.91 Å². The van der Waals surface area contributed by atoms with E-state index in [4.69, 9.17) is 14.6 Å². The van der Waals surface area contributed by atoms with Crippen molar-refractivity contribution in [3.63, 3.8) is 0 Å². The molecule has 0 saturated carbocycles. The van der Waals surface area contributed by atoms with Crippen molar-refractivity contribution in [2.75, 3.05) is 20.3 Å². The molecule has 0 radical (unpaired) electrons. The molecule has 6 nitrogen and oxygen atoms in total. The number of carbonyl (C=O) groups is 2. The van der Waals surface area contributed by atoms with Gasteiger partial charge in [-0.2, -0.15) is 0 Å². The van der Waals surface area contributed by atoms with Crippen molar-refractivity contribution in [1.82, 2.24) is 5.32 Å². The molecule has 0 saturated heterocycles. The minimum absolute atomic E-state index is 0.0113. The molecule has 0 aromatic heterocycles. The van der Waals surface area contributed by atoms with E-state index >= 15 is 0 Å². The number of aromatic carboxylic acids is 1. The van der Waals surface area contributed by atoms with Crippen LogP contribution < -0.4 is 10.1 Å². The lowest BCUT2D eigenvalue weighted by atomic mass is 10.2. The van der Waals surface area contributed by atoms with Gasteiger partial charge in [0.2, 0.25) is 0 Å². The largest absolute Gasteiger partial charge is 0.480 e. The average molecular weight is 360 g/mol. The zero-order chi connectivity index (χ0) is 15.8. The number of hydrogen-bond donors (Lipinski definition) is 2. The van der Waals surface area contributed by atoms with Gasteiger partial charge in [-0.05, 0) is 31.5 Å². The van der Waals surface area contributed by atoms with E-state index in [1.165, 1.54) is 12.1 Å². The summed E-state index contributed by atoms with van der Waals surface area (Å²) in [7, 11) is 1.59. The van der Waals surface area contributed by atoms with Crippen molar-refractivity contribution in [2.45, 2.75) is 19.4 Å². The first-order chi connectivity index (χ1) is 9.95. The van der Waals surface area contributed by atoms with Crippen molar-refractivity contribution in [3.8, 4) is 5.75 Å². The molecule has 7 heteroatoms. The van der Waals surface area contributed by atoms with Gasteiger partial charge < -0.3 is 19.9 Å². The Kier molecular flexibility index (Phi) is 7.18. The van der Waals surface area contributed by atoms with E-state index in [9.17, 15) is 9.59 Å². The molecule has 1 unspecified atom stereocenters. The number of carboxylic acid groups (broad SMARTS) is 1. The summed E-state index contributed by atoms with van der Waals surface area (Å²) in [5.41, 5.74) is 0.0113. The molecule has 0 aliphatic carbocycles. The minimum Gasteiger partial charge on any atom is -0.480 e. The molecule has 2 N–H and O–H groups in total. The fraction of sp³-hybridized carbons (Fsp3) is 0.429. The Morgan fingerprint density at radius 1 is 1.43 bits per heavy atom. The number of halogens is 1. The normalized spacial score (nSPS) is 11.8. The molecule has 0 fully saturated rings. The first kappa shape index (κ1) is 17.5. The molecular weight excluding hydrogens is 342 g/mol. The predicted octanol–water partition coefficient (Wildman–Crippen LogP) is 2.07. The third kappa shape index (κ3) is 5.73. The number of benzene rings is 1. The van der Waals surface area contributed by atoms with E-state index in [1.54, 1.807) is 20.1 Å². The topological polar surface area (TPSA) is 84.9 Å². The number of amides is 1. The molecule has 116 valence electrons. The van der Waals surface area contributed by atoms with Crippen molar-refractivity contribution < 1.29 is 24.2 Å². The summed E-state index contributed by atoms with van der Waals surface area (Å²) in [6.07, 6.45) is -0.0911. The molecule has 0 spiro atoms. The predicted molar refractivity (Wildman–Crippen MR) is 80.7 cm³/mol. The maximum absolute atomic E-state index is 11.8. The van der Waals surface area contributed by atoms with Gasteiger partial charge in [-0.3, -0.25) is 4.79 Å². The highest BCUT2D eigenvalue weighted by molar-refractivity contribution is 9.10. The van der Waals surface area contributed by atoms with E-state index in [-0.39, 0.29) is 17.2 Å². The SMILES string of the molecule is COCCCNC(=O)C(C)Oc1cc(Br)ccc1C(=O)O. The van der Waals surface area contributed by atoms with Crippen LogP contribution in [0.2, 0.25) is 0 Å². The number of carbonyl (C=O) groups excluding carboxylic acids is 1. The molecule has 0 bridgehead atoms. The van der Waals surface area contributed by atoms with Gasteiger partial charge in [-0.25, -0.2) is 4.79 Å². The molecule has 1 aromatic carbocycles. The summed E-state index contributed by atoms with van der Waals surface area (Å²) < 4.78 is 11.0. The number of nitrogens with one attached hydrogen (secondary N) is 1. The molecule has 1 atom stereocenters. The van der Waals surface area contributed by atoms with Crippen molar-refractivity contribution in [1.29, 1.82) is 0 Å². The second kappa shape index (κ2) is 8.63. The first-order valence-corrected chi connectivity index (χ1v) is 7.21. The Labute approximate surface area is 131 Å². The Morgan fingerprint density at radius 3 is 2.76 bits per heavy atom. The third-order valence-corrected chi connectivity index (χ3v) is 3.16. The number of methoxy groups -OCH3 is 1. The Hall–Kier alpha value is -1.60.